The fourth-order valence-electron chi connectivity index (χ4n) is 1.05. The lowest BCUT2D eigenvalue weighted by atomic mass is 10.1. The van der Waals surface area contributed by atoms with Gasteiger partial charge in [-0.1, -0.05) is 6.92 Å². The molecular weight excluding hydrogens is 166 g/mol. The maximum atomic E-state index is 10.8. The van der Waals surface area contributed by atoms with E-state index in [1.165, 1.54) is 0 Å². The first kappa shape index (κ1) is 9.67. The Labute approximate surface area is 77.0 Å². The Kier molecular flexibility index (Phi) is 2.97. The molecule has 0 saturated heterocycles. The summed E-state index contributed by atoms with van der Waals surface area (Å²) < 4.78 is 0. The van der Waals surface area contributed by atoms with Gasteiger partial charge in [0.15, 0.2) is 0 Å². The maximum absolute atomic E-state index is 10.8. The summed E-state index contributed by atoms with van der Waals surface area (Å²) in [5.74, 6) is -0.523. The summed E-state index contributed by atoms with van der Waals surface area (Å²) in [5.41, 5.74) is 12.0. The highest BCUT2D eigenvalue weighted by atomic mass is 16.1. The van der Waals surface area contributed by atoms with Crippen molar-refractivity contribution in [3.63, 3.8) is 0 Å². The van der Waals surface area contributed by atoms with Crippen LogP contribution >= 0.6 is 0 Å². The van der Waals surface area contributed by atoms with Crippen molar-refractivity contribution in [3.05, 3.63) is 29.6 Å². The second-order valence-electron chi connectivity index (χ2n) is 2.85. The number of aromatic nitrogens is 1. The van der Waals surface area contributed by atoms with Crippen LogP contribution in [-0.2, 0) is 0 Å². The molecule has 1 rings (SSSR count). The van der Waals surface area contributed by atoms with E-state index in [9.17, 15) is 4.79 Å². The van der Waals surface area contributed by atoms with E-state index in [2.05, 4.69) is 4.98 Å². The number of carbonyl (C=O) groups excluding carboxylic acids is 1. The zero-order valence-electron chi connectivity index (χ0n) is 7.53. The fraction of sp³-hybridized carbons (Fsp3) is 0.333. The Hall–Kier alpha value is -1.42. The monoisotopic (exact) mass is 179 g/mol. The lowest BCUT2D eigenvalue weighted by Gasteiger charge is -2.08. The van der Waals surface area contributed by atoms with E-state index in [0.29, 0.717) is 0 Å². The van der Waals surface area contributed by atoms with Crippen molar-refractivity contribution in [2.45, 2.75) is 19.4 Å². The van der Waals surface area contributed by atoms with Crippen molar-refractivity contribution in [2.75, 3.05) is 0 Å². The summed E-state index contributed by atoms with van der Waals surface area (Å²) in [7, 11) is 0. The molecule has 0 aliphatic carbocycles. The first-order valence-corrected chi connectivity index (χ1v) is 4.16. The van der Waals surface area contributed by atoms with E-state index in [1.807, 2.05) is 6.92 Å². The first-order valence-electron chi connectivity index (χ1n) is 4.16. The van der Waals surface area contributed by atoms with Gasteiger partial charge in [-0.05, 0) is 24.1 Å². The van der Waals surface area contributed by atoms with Gasteiger partial charge in [-0.15, -0.1) is 0 Å². The van der Waals surface area contributed by atoms with E-state index < -0.39 is 5.91 Å². The molecule has 0 spiro atoms. The SMILES string of the molecule is CCC(N)c1ccnc(C(N)=O)c1. The van der Waals surface area contributed by atoms with Crippen LogP contribution in [0, 0.1) is 0 Å². The Morgan fingerprint density at radius 1 is 1.69 bits per heavy atom. The van der Waals surface area contributed by atoms with Crippen molar-refractivity contribution < 1.29 is 4.79 Å². The number of amides is 1. The topological polar surface area (TPSA) is 82.0 Å². The van der Waals surface area contributed by atoms with Gasteiger partial charge in [-0.3, -0.25) is 9.78 Å². The average Bonchev–Trinajstić information content (AvgIpc) is 2.17. The summed E-state index contributed by atoms with van der Waals surface area (Å²) in [5, 5.41) is 0. The standard InChI is InChI=1S/C9H13N3O/c1-2-7(10)6-3-4-12-8(5-6)9(11)13/h3-5,7H,2,10H2,1H3,(H2,11,13). The van der Waals surface area contributed by atoms with Crippen molar-refractivity contribution in [1.29, 1.82) is 0 Å². The van der Waals surface area contributed by atoms with Crippen molar-refractivity contribution in [2.24, 2.45) is 11.5 Å². The average molecular weight is 179 g/mol. The van der Waals surface area contributed by atoms with Crippen LogP contribution in [0.25, 0.3) is 0 Å². The van der Waals surface area contributed by atoms with Crippen LogP contribution in [-0.4, -0.2) is 10.9 Å². The first-order chi connectivity index (χ1) is 6.15. The van der Waals surface area contributed by atoms with Gasteiger partial charge in [0.25, 0.3) is 5.91 Å². The second kappa shape index (κ2) is 4.00. The molecule has 1 heterocycles. The highest BCUT2D eigenvalue weighted by Crippen LogP contribution is 2.13. The van der Waals surface area contributed by atoms with Gasteiger partial charge in [0.1, 0.15) is 5.69 Å². The Bertz CT molecular complexity index is 311. The smallest absolute Gasteiger partial charge is 0.267 e. The maximum Gasteiger partial charge on any atom is 0.267 e. The van der Waals surface area contributed by atoms with E-state index in [4.69, 9.17) is 11.5 Å². The molecule has 1 aromatic heterocycles. The van der Waals surface area contributed by atoms with Crippen LogP contribution in [0.15, 0.2) is 18.3 Å². The van der Waals surface area contributed by atoms with Crippen molar-refractivity contribution in [1.82, 2.24) is 4.98 Å². The second-order valence-corrected chi connectivity index (χ2v) is 2.85. The molecule has 0 bridgehead atoms. The quantitative estimate of drug-likeness (QED) is 0.712. The molecule has 1 unspecified atom stereocenters. The van der Waals surface area contributed by atoms with Crippen LogP contribution in [0.1, 0.15) is 35.4 Å². The number of nitrogens with two attached hydrogens (primary N) is 2. The van der Waals surface area contributed by atoms with Crippen LogP contribution < -0.4 is 11.5 Å². The van der Waals surface area contributed by atoms with Crippen LogP contribution in [0.5, 0.6) is 0 Å². The zero-order valence-corrected chi connectivity index (χ0v) is 7.53. The number of rotatable bonds is 3. The Morgan fingerprint density at radius 3 is 2.92 bits per heavy atom. The van der Waals surface area contributed by atoms with Gasteiger partial charge < -0.3 is 11.5 Å². The number of primary amides is 1. The summed E-state index contributed by atoms with van der Waals surface area (Å²) in [6.07, 6.45) is 2.37. The van der Waals surface area contributed by atoms with Gasteiger partial charge in [0, 0.05) is 12.2 Å². The molecule has 1 atom stereocenters. The third kappa shape index (κ3) is 2.26. The lowest BCUT2D eigenvalue weighted by Crippen LogP contribution is -2.15. The van der Waals surface area contributed by atoms with E-state index in [0.717, 1.165) is 12.0 Å². The predicted molar refractivity (Wildman–Crippen MR) is 50.0 cm³/mol. The van der Waals surface area contributed by atoms with E-state index in [-0.39, 0.29) is 11.7 Å². The number of carbonyl (C=O) groups is 1. The molecule has 1 amide bonds. The molecule has 0 fully saturated rings. The molecule has 4 N–H and O–H groups in total. The molecule has 70 valence electrons. The molecular formula is C9H13N3O. The molecule has 0 radical (unpaired) electrons. The molecule has 0 saturated carbocycles. The van der Waals surface area contributed by atoms with Crippen LogP contribution in [0.2, 0.25) is 0 Å². The van der Waals surface area contributed by atoms with E-state index >= 15 is 0 Å². The molecule has 0 aliphatic rings. The molecule has 4 nitrogen and oxygen atoms in total. The number of hydrogen-bond acceptors (Lipinski definition) is 3. The van der Waals surface area contributed by atoms with Gasteiger partial charge in [-0.2, -0.15) is 0 Å². The van der Waals surface area contributed by atoms with E-state index in [1.54, 1.807) is 18.3 Å². The third-order valence-electron chi connectivity index (χ3n) is 1.90. The molecule has 1 aromatic rings. The van der Waals surface area contributed by atoms with Crippen LogP contribution in [0.3, 0.4) is 0 Å². The predicted octanol–water partition coefficient (Wildman–Crippen LogP) is 0.590. The number of nitrogens with zero attached hydrogens (tertiary/aromatic N) is 1. The minimum Gasteiger partial charge on any atom is -0.364 e. The third-order valence-corrected chi connectivity index (χ3v) is 1.90. The Morgan fingerprint density at radius 2 is 2.38 bits per heavy atom. The molecule has 4 heteroatoms. The largest absolute Gasteiger partial charge is 0.364 e. The highest BCUT2D eigenvalue weighted by Gasteiger charge is 2.07. The van der Waals surface area contributed by atoms with Crippen molar-refractivity contribution >= 4 is 5.91 Å². The van der Waals surface area contributed by atoms with Crippen molar-refractivity contribution in [3.8, 4) is 0 Å². The summed E-state index contributed by atoms with van der Waals surface area (Å²) in [4.78, 5) is 14.6. The highest BCUT2D eigenvalue weighted by molar-refractivity contribution is 5.90. The fourth-order valence-corrected chi connectivity index (χ4v) is 1.05. The minimum absolute atomic E-state index is 0.0545. The van der Waals surface area contributed by atoms with Gasteiger partial charge in [0.05, 0.1) is 0 Å². The molecule has 0 aliphatic heterocycles. The summed E-state index contributed by atoms with van der Waals surface area (Å²) in [6.45, 7) is 1.98. The number of hydrogen-bond donors (Lipinski definition) is 2. The Balaban J connectivity index is 2.98. The summed E-state index contributed by atoms with van der Waals surface area (Å²) in [6, 6.07) is 3.37. The van der Waals surface area contributed by atoms with Crippen LogP contribution in [0.4, 0.5) is 0 Å². The van der Waals surface area contributed by atoms with Gasteiger partial charge >= 0.3 is 0 Å². The van der Waals surface area contributed by atoms with Gasteiger partial charge in [-0.25, -0.2) is 0 Å². The lowest BCUT2D eigenvalue weighted by molar-refractivity contribution is 0.0995. The molecule has 0 aromatic carbocycles. The molecule has 13 heavy (non-hydrogen) atoms. The normalized spacial score (nSPS) is 12.5. The number of pyridine rings is 1. The summed E-state index contributed by atoms with van der Waals surface area (Å²) >= 11 is 0. The minimum atomic E-state index is -0.523. The van der Waals surface area contributed by atoms with Gasteiger partial charge in [0.2, 0.25) is 0 Å². The zero-order chi connectivity index (χ0) is 9.84.